The van der Waals surface area contributed by atoms with Gasteiger partial charge in [0.15, 0.2) is 0 Å². The zero-order chi connectivity index (χ0) is 15.2. The first-order valence-corrected chi connectivity index (χ1v) is 6.49. The number of benzene rings is 2. The SMILES string of the molecule is C/C(=N\NC(N)=O)c1ccc(Oc2ccc(C)cc2)cc1. The van der Waals surface area contributed by atoms with E-state index in [-0.39, 0.29) is 0 Å². The highest BCUT2D eigenvalue weighted by molar-refractivity contribution is 5.99. The molecule has 0 fully saturated rings. The molecule has 108 valence electrons. The number of nitrogens with one attached hydrogen (secondary N) is 1. The Morgan fingerprint density at radius 2 is 1.57 bits per heavy atom. The quantitative estimate of drug-likeness (QED) is 0.668. The Balaban J connectivity index is 2.06. The van der Waals surface area contributed by atoms with E-state index in [1.165, 1.54) is 5.56 Å². The van der Waals surface area contributed by atoms with Crippen molar-refractivity contribution in [1.29, 1.82) is 0 Å². The van der Waals surface area contributed by atoms with Gasteiger partial charge in [0.05, 0.1) is 5.71 Å². The summed E-state index contributed by atoms with van der Waals surface area (Å²) in [4.78, 5) is 10.6. The van der Waals surface area contributed by atoms with Gasteiger partial charge >= 0.3 is 6.03 Å². The number of hydrogen-bond acceptors (Lipinski definition) is 3. The van der Waals surface area contributed by atoms with Gasteiger partial charge in [0.2, 0.25) is 0 Å². The van der Waals surface area contributed by atoms with E-state index in [0.29, 0.717) is 5.71 Å². The predicted molar refractivity (Wildman–Crippen MR) is 82.6 cm³/mol. The minimum atomic E-state index is -0.686. The van der Waals surface area contributed by atoms with Crippen LogP contribution in [0.2, 0.25) is 0 Å². The molecule has 0 heterocycles. The summed E-state index contributed by atoms with van der Waals surface area (Å²) >= 11 is 0. The molecule has 0 spiro atoms. The van der Waals surface area contributed by atoms with Crippen LogP contribution in [0.5, 0.6) is 11.5 Å². The summed E-state index contributed by atoms with van der Waals surface area (Å²) < 4.78 is 5.74. The number of hydrazone groups is 1. The van der Waals surface area contributed by atoms with E-state index in [1.807, 2.05) is 55.5 Å². The highest BCUT2D eigenvalue weighted by Gasteiger charge is 2.01. The molecule has 21 heavy (non-hydrogen) atoms. The van der Waals surface area contributed by atoms with Crippen LogP contribution in [0.1, 0.15) is 18.1 Å². The van der Waals surface area contributed by atoms with E-state index in [0.717, 1.165) is 17.1 Å². The van der Waals surface area contributed by atoms with Crippen LogP contribution >= 0.6 is 0 Å². The van der Waals surface area contributed by atoms with Crippen molar-refractivity contribution in [2.45, 2.75) is 13.8 Å². The largest absolute Gasteiger partial charge is 0.457 e. The van der Waals surface area contributed by atoms with Crippen LogP contribution in [0.25, 0.3) is 0 Å². The van der Waals surface area contributed by atoms with Gasteiger partial charge < -0.3 is 10.5 Å². The number of nitrogens with two attached hydrogens (primary N) is 1. The molecular weight excluding hydrogens is 266 g/mol. The van der Waals surface area contributed by atoms with Crippen molar-refractivity contribution in [1.82, 2.24) is 5.43 Å². The summed E-state index contributed by atoms with van der Waals surface area (Å²) in [7, 11) is 0. The maximum atomic E-state index is 10.6. The smallest absolute Gasteiger partial charge is 0.332 e. The van der Waals surface area contributed by atoms with Crippen molar-refractivity contribution in [3.63, 3.8) is 0 Å². The highest BCUT2D eigenvalue weighted by Crippen LogP contribution is 2.22. The molecule has 0 bridgehead atoms. The lowest BCUT2D eigenvalue weighted by molar-refractivity contribution is 0.249. The maximum Gasteiger partial charge on any atom is 0.332 e. The molecule has 0 saturated carbocycles. The van der Waals surface area contributed by atoms with Crippen LogP contribution in [0.3, 0.4) is 0 Å². The van der Waals surface area contributed by atoms with Gasteiger partial charge in [-0.05, 0) is 55.8 Å². The zero-order valence-corrected chi connectivity index (χ0v) is 12.0. The van der Waals surface area contributed by atoms with E-state index in [1.54, 1.807) is 6.92 Å². The molecule has 0 atom stereocenters. The molecule has 0 aliphatic carbocycles. The van der Waals surface area contributed by atoms with Crippen molar-refractivity contribution < 1.29 is 9.53 Å². The molecule has 2 aromatic carbocycles. The first-order chi connectivity index (χ1) is 10.0. The molecule has 0 aromatic heterocycles. The van der Waals surface area contributed by atoms with Gasteiger partial charge in [0.25, 0.3) is 0 Å². The van der Waals surface area contributed by atoms with Gasteiger partial charge in [-0.25, -0.2) is 10.2 Å². The number of ether oxygens (including phenoxy) is 1. The van der Waals surface area contributed by atoms with Crippen LogP contribution in [-0.4, -0.2) is 11.7 Å². The topological polar surface area (TPSA) is 76.7 Å². The third-order valence-electron chi connectivity index (χ3n) is 2.86. The normalized spacial score (nSPS) is 11.0. The number of carbonyl (C=O) groups excluding carboxylic acids is 1. The standard InChI is InChI=1S/C16H17N3O2/c1-11-3-7-14(8-4-11)21-15-9-5-13(6-10-15)12(2)18-19-16(17)20/h3-10H,1-2H3,(H3,17,19,20)/b18-12+. The molecule has 5 heteroatoms. The number of primary amides is 1. The Morgan fingerprint density at radius 1 is 1.05 bits per heavy atom. The Bertz CT molecular complexity index is 646. The molecule has 2 rings (SSSR count). The summed E-state index contributed by atoms with van der Waals surface area (Å²) in [5.74, 6) is 1.52. The fraction of sp³-hybridized carbons (Fsp3) is 0.125. The number of amides is 2. The van der Waals surface area contributed by atoms with Gasteiger partial charge in [0, 0.05) is 0 Å². The van der Waals surface area contributed by atoms with Gasteiger partial charge in [0.1, 0.15) is 11.5 Å². The monoisotopic (exact) mass is 283 g/mol. The fourth-order valence-corrected chi connectivity index (χ4v) is 1.71. The van der Waals surface area contributed by atoms with E-state index in [4.69, 9.17) is 10.5 Å². The molecule has 2 amide bonds. The number of aryl methyl sites for hydroxylation is 1. The number of urea groups is 1. The average molecular weight is 283 g/mol. The van der Waals surface area contributed by atoms with Gasteiger partial charge in [-0.15, -0.1) is 0 Å². The first-order valence-electron chi connectivity index (χ1n) is 6.49. The summed E-state index contributed by atoms with van der Waals surface area (Å²) in [5.41, 5.74) is 9.89. The van der Waals surface area contributed by atoms with Gasteiger partial charge in [-0.3, -0.25) is 0 Å². The summed E-state index contributed by atoms with van der Waals surface area (Å²) in [6.45, 7) is 3.81. The van der Waals surface area contributed by atoms with Gasteiger partial charge in [-0.1, -0.05) is 17.7 Å². The third kappa shape index (κ3) is 4.35. The Kier molecular flexibility index (Phi) is 4.56. The Morgan fingerprint density at radius 3 is 2.10 bits per heavy atom. The van der Waals surface area contributed by atoms with Crippen LogP contribution < -0.4 is 15.9 Å². The minimum Gasteiger partial charge on any atom is -0.457 e. The van der Waals surface area contributed by atoms with Crippen LogP contribution in [0.15, 0.2) is 53.6 Å². The Hall–Kier alpha value is -2.82. The van der Waals surface area contributed by atoms with Gasteiger partial charge in [-0.2, -0.15) is 5.10 Å². The molecule has 2 aromatic rings. The molecule has 3 N–H and O–H groups in total. The zero-order valence-electron chi connectivity index (χ0n) is 12.0. The lowest BCUT2D eigenvalue weighted by Crippen LogP contribution is -2.25. The second-order valence-electron chi connectivity index (χ2n) is 4.61. The van der Waals surface area contributed by atoms with E-state index < -0.39 is 6.03 Å². The molecular formula is C16H17N3O2. The Labute approximate surface area is 123 Å². The van der Waals surface area contributed by atoms with Crippen molar-refractivity contribution in [3.05, 3.63) is 59.7 Å². The van der Waals surface area contributed by atoms with Crippen LogP contribution in [-0.2, 0) is 0 Å². The van der Waals surface area contributed by atoms with E-state index >= 15 is 0 Å². The summed E-state index contributed by atoms with van der Waals surface area (Å²) in [6, 6.07) is 14.6. The highest BCUT2D eigenvalue weighted by atomic mass is 16.5. The van der Waals surface area contributed by atoms with E-state index in [2.05, 4.69) is 10.5 Å². The minimum absolute atomic E-state index is 0.663. The molecule has 0 radical (unpaired) electrons. The van der Waals surface area contributed by atoms with Crippen LogP contribution in [0.4, 0.5) is 4.79 Å². The molecule has 5 nitrogen and oxygen atoms in total. The number of carbonyl (C=O) groups is 1. The predicted octanol–water partition coefficient (Wildman–Crippen LogP) is 3.18. The maximum absolute atomic E-state index is 10.6. The number of rotatable bonds is 4. The first kappa shape index (κ1) is 14.6. The second-order valence-corrected chi connectivity index (χ2v) is 4.61. The number of hydrogen-bond donors (Lipinski definition) is 2. The van der Waals surface area contributed by atoms with Crippen LogP contribution in [0, 0.1) is 6.92 Å². The van der Waals surface area contributed by atoms with E-state index in [9.17, 15) is 4.79 Å². The third-order valence-corrected chi connectivity index (χ3v) is 2.86. The van der Waals surface area contributed by atoms with Crippen molar-refractivity contribution >= 4 is 11.7 Å². The molecule has 0 aliphatic heterocycles. The van der Waals surface area contributed by atoms with Crippen molar-refractivity contribution in [2.24, 2.45) is 10.8 Å². The molecule has 0 saturated heterocycles. The fourth-order valence-electron chi connectivity index (χ4n) is 1.71. The summed E-state index contributed by atoms with van der Waals surface area (Å²) in [5, 5.41) is 3.87. The second kappa shape index (κ2) is 6.56. The molecule has 0 aliphatic rings. The van der Waals surface area contributed by atoms with Crippen molar-refractivity contribution in [3.8, 4) is 11.5 Å². The lowest BCUT2D eigenvalue weighted by Gasteiger charge is -2.07. The van der Waals surface area contributed by atoms with Crippen molar-refractivity contribution in [2.75, 3.05) is 0 Å². The molecule has 0 unspecified atom stereocenters. The summed E-state index contributed by atoms with van der Waals surface area (Å²) in [6.07, 6.45) is 0. The average Bonchev–Trinajstić information content (AvgIpc) is 2.48. The number of nitrogens with zero attached hydrogens (tertiary/aromatic N) is 1. The lowest BCUT2D eigenvalue weighted by atomic mass is 10.1.